The maximum absolute atomic E-state index is 14.6. The van der Waals surface area contributed by atoms with Gasteiger partial charge in [0.05, 0.1) is 101 Å². The van der Waals surface area contributed by atoms with Crippen molar-refractivity contribution in [3.05, 3.63) is 101 Å². The van der Waals surface area contributed by atoms with Crippen molar-refractivity contribution in [1.82, 2.24) is 0 Å². The highest BCUT2D eigenvalue weighted by Gasteiger charge is 2.60. The number of ether oxygens (including phenoxy) is 19. The van der Waals surface area contributed by atoms with Crippen LogP contribution in [0.25, 0.3) is 0 Å². The number of rotatable bonds is 38. The minimum absolute atomic E-state index is 0.0127. The summed E-state index contributed by atoms with van der Waals surface area (Å²) in [5.41, 5.74) is -4.52. The number of hydrogen-bond donors (Lipinski definition) is 2. The molecule has 4 heterocycles. The van der Waals surface area contributed by atoms with Gasteiger partial charge in [-0.15, -0.1) is 52.6 Å². The molecule has 25 nitrogen and oxygen atoms in total. The topological polar surface area (TPSA) is 284 Å². The second-order valence-corrected chi connectivity index (χ2v) is 26.6. The highest BCUT2D eigenvalue weighted by atomic mass is 16.8. The Bertz CT molecular complexity index is 2400. The van der Waals surface area contributed by atoms with Gasteiger partial charge < -0.3 is 100 Å². The van der Waals surface area contributed by atoms with E-state index in [2.05, 4.69) is 52.6 Å². The molecule has 20 atom stereocenters. The summed E-state index contributed by atoms with van der Waals surface area (Å²) in [5.74, 6) is -2.93. The van der Waals surface area contributed by atoms with Crippen LogP contribution in [-0.4, -0.2) is 236 Å². The molecule has 25 heteroatoms. The summed E-state index contributed by atoms with van der Waals surface area (Å²) in [6.07, 6.45) is -17.6. The Morgan fingerprint density at radius 3 is 0.849 bits per heavy atom. The molecule has 0 aromatic carbocycles. The second kappa shape index (κ2) is 38.2. The molecule has 0 aromatic rings. The third kappa shape index (κ3) is 23.7. The molecule has 0 radical (unpaired) electrons. The van der Waals surface area contributed by atoms with Crippen LogP contribution in [0.15, 0.2) is 101 Å². The molecule has 0 saturated carbocycles. The molecule has 528 valence electrons. The van der Waals surface area contributed by atoms with E-state index in [1.54, 1.807) is 83.1 Å². The summed E-state index contributed by atoms with van der Waals surface area (Å²) in [7, 11) is 0. The highest BCUT2D eigenvalue weighted by Crippen LogP contribution is 2.41. The van der Waals surface area contributed by atoms with Gasteiger partial charge >= 0.3 is 23.9 Å². The van der Waals surface area contributed by atoms with Crippen LogP contribution in [0.5, 0.6) is 0 Å². The van der Waals surface area contributed by atoms with E-state index in [1.165, 1.54) is 48.6 Å². The lowest BCUT2D eigenvalue weighted by Gasteiger charge is -2.52. The van der Waals surface area contributed by atoms with Crippen LogP contribution in [0.4, 0.5) is 0 Å². The molecule has 0 bridgehead atoms. The van der Waals surface area contributed by atoms with Crippen LogP contribution < -0.4 is 0 Å². The van der Waals surface area contributed by atoms with Crippen molar-refractivity contribution in [1.29, 1.82) is 0 Å². The number of carbonyl (C=O) groups is 4. The molecule has 0 aliphatic carbocycles. The minimum Gasteiger partial charge on any atom is -0.454 e. The fourth-order valence-corrected chi connectivity index (χ4v) is 9.62. The number of esters is 4. The van der Waals surface area contributed by atoms with Crippen LogP contribution in [0.3, 0.4) is 0 Å². The zero-order valence-corrected chi connectivity index (χ0v) is 56.6. The van der Waals surface area contributed by atoms with Gasteiger partial charge in [0.1, 0.15) is 73.2 Å². The largest absolute Gasteiger partial charge is 0.454 e. The van der Waals surface area contributed by atoms with Gasteiger partial charge in [0, 0.05) is 0 Å². The molecule has 4 aliphatic heterocycles. The fraction of sp³-hybridized carbons (Fsp3) is 0.706. The monoisotopic (exact) mass is 1320 g/mol. The van der Waals surface area contributed by atoms with Gasteiger partial charge in [-0.05, 0) is 83.1 Å². The molecule has 93 heavy (non-hydrogen) atoms. The van der Waals surface area contributed by atoms with Gasteiger partial charge in [-0.3, -0.25) is 19.2 Å². The second-order valence-electron chi connectivity index (χ2n) is 26.6. The smallest absolute Gasteiger partial charge is 0.311 e. The molecule has 1 unspecified atom stereocenters. The molecule has 0 aromatic heterocycles. The molecule has 2 N–H and O–H groups in total. The van der Waals surface area contributed by atoms with Crippen LogP contribution in [-0.2, 0) is 109 Å². The van der Waals surface area contributed by atoms with Gasteiger partial charge in [0.25, 0.3) is 0 Å². The molecule has 4 aliphatic rings. The molecule has 0 spiro atoms. The lowest BCUT2D eigenvalue weighted by Crippen LogP contribution is -2.69. The van der Waals surface area contributed by atoms with Gasteiger partial charge in [0.2, 0.25) is 0 Å². The quantitative estimate of drug-likeness (QED) is 0.0296. The highest BCUT2D eigenvalue weighted by molar-refractivity contribution is 5.77. The average Bonchev–Trinajstić information content (AvgIpc) is 0.768. The fourth-order valence-electron chi connectivity index (χ4n) is 9.62. The predicted molar refractivity (Wildman–Crippen MR) is 339 cm³/mol. The first kappa shape index (κ1) is 80.6. The summed E-state index contributed by atoms with van der Waals surface area (Å²) in [4.78, 5) is 56.8. The number of aliphatic hydroxyl groups is 2. The van der Waals surface area contributed by atoms with Gasteiger partial charge in [-0.2, -0.15) is 0 Å². The Balaban J connectivity index is 2.06. The maximum atomic E-state index is 14.6. The molecule has 4 saturated heterocycles. The lowest BCUT2D eigenvalue weighted by molar-refractivity contribution is -0.393. The van der Waals surface area contributed by atoms with Crippen LogP contribution in [0, 0.1) is 21.7 Å². The van der Waals surface area contributed by atoms with Crippen LogP contribution in [0.1, 0.15) is 83.1 Å². The van der Waals surface area contributed by atoms with Crippen molar-refractivity contribution in [2.45, 2.75) is 206 Å². The first-order valence-electron chi connectivity index (χ1n) is 31.3. The third-order valence-corrected chi connectivity index (χ3v) is 14.4. The van der Waals surface area contributed by atoms with E-state index in [1.807, 2.05) is 0 Å². The first-order chi connectivity index (χ1) is 43.9. The minimum atomic E-state index is -1.78. The molecule has 4 fully saturated rings. The summed E-state index contributed by atoms with van der Waals surface area (Å²) >= 11 is 0. The number of hydrogen-bond acceptors (Lipinski definition) is 25. The van der Waals surface area contributed by atoms with Gasteiger partial charge in [-0.25, -0.2) is 0 Å². The standard InChI is InChI=1S/C68H106O25/c1-21-29-75-37-41-45(69)49(79-33-25-5)54(91-62(72)66(12,13)14)58(84-41)88-47-43(39-77-31-23-3)86-60(56(51(47)81-35-27-7)93-64(74)68(18,19)20)89-48-44(40-78-32-24-4)85-59(55(52(48)82-36-28-8)92-63(73)67(15,16)17)87-46-42(38-76-30-22-2)83-57(70)53(50(46)80-34-26-6)90-61(71)65(9,10)11/h21-28,41-60,69-70H,1-8,29-40H2,9-20H3/t41-,42+,43-,44?,45+,46-,47+,48-,49-,50+,51-,52+,53-,54+,55-,56+,57+,58+,59-,60+/m0/s1. The predicted octanol–water partition coefficient (Wildman–Crippen LogP) is 6.32. The Labute approximate surface area is 549 Å². The first-order valence-corrected chi connectivity index (χ1v) is 31.3. The molecular formula is C68H106O25. The van der Waals surface area contributed by atoms with E-state index in [0.29, 0.717) is 0 Å². The van der Waals surface area contributed by atoms with E-state index in [-0.39, 0.29) is 79.3 Å². The van der Waals surface area contributed by atoms with Crippen molar-refractivity contribution < 1.29 is 119 Å². The SMILES string of the molecule is C=CCOCC1O[C@@H](O[C@@H]2[C@@H](OCC=C)[C@H](OC(=O)C(C)(C)C)[C@H](O)O[C@@H]2COCC=C)[C@@H](OC(=O)C(C)(C)C)[C@H](OCC=C)[C@H]1O[C@H]1O[C@@H](COCC=C)[C@@H](O[C@H]2O[C@@H](COCC=C)[C@@H](O)[C@H](OCC=C)[C@H]2OC(=O)C(C)(C)C)[C@H](OCC=C)[C@H]1OC(=O)C(C)(C)C. The molecule has 0 amide bonds. The summed E-state index contributed by atoms with van der Waals surface area (Å²) in [6, 6.07) is 0. The Kier molecular flexibility index (Phi) is 33.1. The summed E-state index contributed by atoms with van der Waals surface area (Å²) in [6.45, 7) is 48.5. The Morgan fingerprint density at radius 2 is 0.559 bits per heavy atom. The Hall–Kier alpha value is -4.88. The van der Waals surface area contributed by atoms with Crippen LogP contribution in [0.2, 0.25) is 0 Å². The van der Waals surface area contributed by atoms with Gasteiger partial charge in [0.15, 0.2) is 49.6 Å². The lowest BCUT2D eigenvalue weighted by atomic mass is 9.93. The van der Waals surface area contributed by atoms with Crippen molar-refractivity contribution in [2.24, 2.45) is 21.7 Å². The van der Waals surface area contributed by atoms with E-state index < -0.39 is 168 Å². The zero-order valence-electron chi connectivity index (χ0n) is 56.6. The summed E-state index contributed by atoms with van der Waals surface area (Å²) in [5, 5.41) is 23.6. The van der Waals surface area contributed by atoms with Gasteiger partial charge in [-0.1, -0.05) is 48.6 Å². The number of carbonyl (C=O) groups excluding carboxylic acids is 4. The van der Waals surface area contributed by atoms with Crippen molar-refractivity contribution in [3.8, 4) is 0 Å². The van der Waals surface area contributed by atoms with Crippen molar-refractivity contribution >= 4 is 23.9 Å². The number of aliphatic hydroxyl groups excluding tert-OH is 2. The average molecular weight is 1320 g/mol. The Morgan fingerprint density at radius 1 is 0.323 bits per heavy atom. The third-order valence-electron chi connectivity index (χ3n) is 14.4. The molecular weight excluding hydrogens is 1220 g/mol. The normalized spacial score (nSPS) is 31.8. The van der Waals surface area contributed by atoms with E-state index in [4.69, 9.17) is 90.0 Å². The maximum Gasteiger partial charge on any atom is 0.311 e. The van der Waals surface area contributed by atoms with Crippen molar-refractivity contribution in [2.75, 3.05) is 79.3 Å². The van der Waals surface area contributed by atoms with E-state index >= 15 is 0 Å². The molecule has 4 rings (SSSR count). The van der Waals surface area contributed by atoms with E-state index in [9.17, 15) is 29.4 Å². The van der Waals surface area contributed by atoms with E-state index in [0.717, 1.165) is 0 Å². The van der Waals surface area contributed by atoms with Crippen LogP contribution >= 0.6 is 0 Å². The summed E-state index contributed by atoms with van der Waals surface area (Å²) < 4.78 is 123. The zero-order chi connectivity index (χ0) is 69.4. The van der Waals surface area contributed by atoms with Crippen molar-refractivity contribution in [3.63, 3.8) is 0 Å².